The zero-order chi connectivity index (χ0) is 22.9. The van der Waals surface area contributed by atoms with Crippen LogP contribution in [0.15, 0.2) is 47.3 Å². The van der Waals surface area contributed by atoms with Gasteiger partial charge in [-0.2, -0.15) is 0 Å². The smallest absolute Gasteiger partial charge is 0.328 e. The lowest BCUT2D eigenvalue weighted by atomic mass is 10.1. The SMILES string of the molecule is CCCCOCCCNCc1ccc(OCC(O)c2ccc3c(c2)n(C)c(=O)n3C)cc1. The predicted molar refractivity (Wildman–Crippen MR) is 127 cm³/mol. The Morgan fingerprint density at radius 3 is 2.47 bits per heavy atom. The molecular weight excluding hydrogens is 406 g/mol. The first-order valence-corrected chi connectivity index (χ1v) is 11.3. The van der Waals surface area contributed by atoms with Crippen LogP contribution in [-0.2, 0) is 25.4 Å². The van der Waals surface area contributed by atoms with Crippen LogP contribution < -0.4 is 15.7 Å². The minimum Gasteiger partial charge on any atom is -0.491 e. The summed E-state index contributed by atoms with van der Waals surface area (Å²) in [6.07, 6.45) is 2.52. The van der Waals surface area contributed by atoms with Crippen molar-refractivity contribution < 1.29 is 14.6 Å². The summed E-state index contributed by atoms with van der Waals surface area (Å²) in [7, 11) is 3.47. The van der Waals surface area contributed by atoms with E-state index < -0.39 is 6.10 Å². The number of rotatable bonds is 13. The maximum Gasteiger partial charge on any atom is 0.328 e. The van der Waals surface area contributed by atoms with Gasteiger partial charge in [-0.25, -0.2) is 4.79 Å². The molecule has 0 saturated heterocycles. The molecule has 0 fully saturated rings. The highest BCUT2D eigenvalue weighted by Gasteiger charge is 2.13. The number of aryl methyl sites for hydroxylation is 2. The van der Waals surface area contributed by atoms with E-state index in [1.807, 2.05) is 42.5 Å². The molecule has 1 heterocycles. The van der Waals surface area contributed by atoms with E-state index in [-0.39, 0.29) is 12.3 Å². The number of hydrogen-bond acceptors (Lipinski definition) is 5. The third kappa shape index (κ3) is 6.22. The summed E-state index contributed by atoms with van der Waals surface area (Å²) in [5.74, 6) is 0.713. The molecule has 1 atom stereocenters. The van der Waals surface area contributed by atoms with Crippen molar-refractivity contribution in [2.45, 2.75) is 38.8 Å². The average molecular weight is 442 g/mol. The summed E-state index contributed by atoms with van der Waals surface area (Å²) in [5.41, 5.74) is 3.44. The van der Waals surface area contributed by atoms with Gasteiger partial charge < -0.3 is 19.9 Å². The largest absolute Gasteiger partial charge is 0.491 e. The second kappa shape index (κ2) is 11.9. The van der Waals surface area contributed by atoms with E-state index in [0.29, 0.717) is 5.75 Å². The molecule has 32 heavy (non-hydrogen) atoms. The molecule has 0 aliphatic carbocycles. The molecule has 174 valence electrons. The first-order valence-electron chi connectivity index (χ1n) is 11.3. The van der Waals surface area contributed by atoms with Gasteiger partial charge in [-0.15, -0.1) is 0 Å². The average Bonchev–Trinajstić information content (AvgIpc) is 3.03. The van der Waals surface area contributed by atoms with E-state index in [4.69, 9.17) is 9.47 Å². The molecular formula is C25H35N3O4. The molecule has 0 radical (unpaired) electrons. The quantitative estimate of drug-likeness (QED) is 0.398. The number of nitrogens with zero attached hydrogens (tertiary/aromatic N) is 2. The highest BCUT2D eigenvalue weighted by Crippen LogP contribution is 2.21. The fraction of sp³-hybridized carbons (Fsp3) is 0.480. The van der Waals surface area contributed by atoms with Crippen LogP contribution in [0, 0.1) is 0 Å². The number of aliphatic hydroxyl groups excluding tert-OH is 1. The number of aromatic nitrogens is 2. The molecule has 0 aliphatic heterocycles. The Labute approximate surface area is 189 Å². The van der Waals surface area contributed by atoms with Crippen molar-refractivity contribution in [3.05, 3.63) is 64.1 Å². The standard InChI is InChI=1S/C25H35N3O4/c1-4-5-14-31-15-6-13-26-17-19-7-10-21(11-8-19)32-18-24(29)20-9-12-22-23(16-20)28(3)25(30)27(22)2/h7-12,16,24,26,29H,4-6,13-15,17-18H2,1-3H3. The third-order valence-corrected chi connectivity index (χ3v) is 5.63. The molecule has 1 unspecified atom stereocenters. The minimum atomic E-state index is -0.782. The number of fused-ring (bicyclic) bond motifs is 1. The Morgan fingerprint density at radius 1 is 1.00 bits per heavy atom. The van der Waals surface area contributed by atoms with Crippen molar-refractivity contribution >= 4 is 11.0 Å². The van der Waals surface area contributed by atoms with Gasteiger partial charge >= 0.3 is 5.69 Å². The van der Waals surface area contributed by atoms with Crippen molar-refractivity contribution in [1.82, 2.24) is 14.5 Å². The van der Waals surface area contributed by atoms with Crippen LogP contribution in [0.25, 0.3) is 11.0 Å². The molecule has 1 aromatic heterocycles. The summed E-state index contributed by atoms with van der Waals surface area (Å²) in [4.78, 5) is 12.1. The van der Waals surface area contributed by atoms with Crippen molar-refractivity contribution in [3.8, 4) is 5.75 Å². The van der Waals surface area contributed by atoms with Crippen LogP contribution in [0.2, 0.25) is 0 Å². The molecule has 2 N–H and O–H groups in total. The number of unbranched alkanes of at least 4 members (excludes halogenated alkanes) is 1. The number of hydrogen-bond donors (Lipinski definition) is 2. The lowest BCUT2D eigenvalue weighted by molar-refractivity contribution is 0.108. The van der Waals surface area contributed by atoms with Gasteiger partial charge in [0.1, 0.15) is 18.5 Å². The van der Waals surface area contributed by atoms with Crippen LogP contribution >= 0.6 is 0 Å². The highest BCUT2D eigenvalue weighted by molar-refractivity contribution is 5.76. The van der Waals surface area contributed by atoms with Gasteiger partial charge in [-0.3, -0.25) is 9.13 Å². The second-order valence-corrected chi connectivity index (χ2v) is 8.12. The normalized spacial score (nSPS) is 12.4. The maximum atomic E-state index is 12.1. The van der Waals surface area contributed by atoms with Crippen molar-refractivity contribution in [3.63, 3.8) is 0 Å². The van der Waals surface area contributed by atoms with Gasteiger partial charge in [0.15, 0.2) is 0 Å². The Balaban J connectivity index is 1.43. The van der Waals surface area contributed by atoms with Crippen molar-refractivity contribution in [2.24, 2.45) is 14.1 Å². The predicted octanol–water partition coefficient (Wildman–Crippen LogP) is 3.29. The fourth-order valence-corrected chi connectivity index (χ4v) is 3.59. The topological polar surface area (TPSA) is 77.7 Å². The van der Waals surface area contributed by atoms with E-state index in [1.165, 1.54) is 12.0 Å². The van der Waals surface area contributed by atoms with E-state index >= 15 is 0 Å². The van der Waals surface area contributed by atoms with Crippen molar-refractivity contribution in [2.75, 3.05) is 26.4 Å². The number of aliphatic hydroxyl groups is 1. The maximum absolute atomic E-state index is 12.1. The highest BCUT2D eigenvalue weighted by atomic mass is 16.5. The zero-order valence-electron chi connectivity index (χ0n) is 19.3. The number of imidazole rings is 1. The molecule has 0 spiro atoms. The van der Waals surface area contributed by atoms with Crippen LogP contribution in [0.3, 0.4) is 0 Å². The Bertz CT molecular complexity index is 1040. The Morgan fingerprint density at radius 2 is 1.72 bits per heavy atom. The van der Waals surface area contributed by atoms with Gasteiger partial charge in [0.2, 0.25) is 0 Å². The van der Waals surface area contributed by atoms with Gasteiger partial charge in [-0.05, 0) is 54.8 Å². The van der Waals surface area contributed by atoms with Gasteiger partial charge in [0.05, 0.1) is 11.0 Å². The lowest BCUT2D eigenvalue weighted by Gasteiger charge is -2.14. The van der Waals surface area contributed by atoms with E-state index in [1.54, 1.807) is 23.2 Å². The van der Waals surface area contributed by atoms with Gasteiger partial charge in [0.25, 0.3) is 0 Å². The van der Waals surface area contributed by atoms with E-state index in [0.717, 1.165) is 55.7 Å². The molecule has 0 aliphatic rings. The first kappa shape index (κ1) is 24.0. The summed E-state index contributed by atoms with van der Waals surface area (Å²) in [6, 6.07) is 13.4. The monoisotopic (exact) mass is 441 g/mol. The summed E-state index contributed by atoms with van der Waals surface area (Å²) >= 11 is 0. The zero-order valence-corrected chi connectivity index (χ0v) is 19.3. The number of ether oxygens (including phenoxy) is 2. The Hall–Kier alpha value is -2.61. The molecule has 0 bridgehead atoms. The lowest BCUT2D eigenvalue weighted by Crippen LogP contribution is -2.19. The molecule has 2 aromatic carbocycles. The van der Waals surface area contributed by atoms with Crippen LogP contribution in [0.5, 0.6) is 5.75 Å². The van der Waals surface area contributed by atoms with Crippen LogP contribution in [0.1, 0.15) is 43.4 Å². The third-order valence-electron chi connectivity index (χ3n) is 5.63. The molecule has 0 saturated carbocycles. The molecule has 3 rings (SSSR count). The van der Waals surface area contributed by atoms with Crippen LogP contribution in [-0.4, -0.2) is 40.6 Å². The van der Waals surface area contributed by atoms with Gasteiger partial charge in [0, 0.05) is 33.9 Å². The van der Waals surface area contributed by atoms with E-state index in [2.05, 4.69) is 12.2 Å². The second-order valence-electron chi connectivity index (χ2n) is 8.12. The summed E-state index contributed by atoms with van der Waals surface area (Å²) in [5, 5.41) is 14.0. The van der Waals surface area contributed by atoms with Crippen molar-refractivity contribution in [1.29, 1.82) is 0 Å². The first-order chi connectivity index (χ1) is 15.5. The number of benzene rings is 2. The van der Waals surface area contributed by atoms with Gasteiger partial charge in [-0.1, -0.05) is 31.5 Å². The molecule has 7 nitrogen and oxygen atoms in total. The minimum absolute atomic E-state index is 0.0854. The molecule has 0 amide bonds. The Kier molecular flexibility index (Phi) is 8.90. The summed E-state index contributed by atoms with van der Waals surface area (Å²) in [6.45, 7) is 5.69. The number of nitrogens with one attached hydrogen (secondary N) is 1. The molecule has 7 heteroatoms. The van der Waals surface area contributed by atoms with E-state index in [9.17, 15) is 9.90 Å². The molecule has 3 aromatic rings. The van der Waals surface area contributed by atoms with Crippen LogP contribution in [0.4, 0.5) is 0 Å². The fourth-order valence-electron chi connectivity index (χ4n) is 3.59. The summed E-state index contributed by atoms with van der Waals surface area (Å²) < 4.78 is 14.5.